The summed E-state index contributed by atoms with van der Waals surface area (Å²) in [6.07, 6.45) is 0. The predicted molar refractivity (Wildman–Crippen MR) is 50.5 cm³/mol. The van der Waals surface area contributed by atoms with Crippen molar-refractivity contribution in [2.45, 2.75) is 12.5 Å². The Kier molecular flexibility index (Phi) is 2.59. The van der Waals surface area contributed by atoms with Crippen molar-refractivity contribution in [1.82, 2.24) is 0 Å². The van der Waals surface area contributed by atoms with E-state index in [1.165, 1.54) is 18.4 Å². The maximum absolute atomic E-state index is 10.8. The quantitative estimate of drug-likeness (QED) is 0.689. The topological polar surface area (TPSA) is 101 Å². The molecule has 0 radical (unpaired) electrons. The van der Waals surface area contributed by atoms with Gasteiger partial charge in [-0.2, -0.15) is 0 Å². The first-order valence-corrected chi connectivity index (χ1v) is 4.59. The molecule has 76 valence electrons. The maximum Gasteiger partial charge on any atom is 0.346 e. The van der Waals surface area contributed by atoms with Crippen molar-refractivity contribution in [3.63, 3.8) is 0 Å². The van der Waals surface area contributed by atoms with E-state index < -0.39 is 17.5 Å². The molecule has 14 heavy (non-hydrogen) atoms. The van der Waals surface area contributed by atoms with E-state index in [1.807, 2.05) is 0 Å². The molecule has 0 aromatic carbocycles. The third-order valence-corrected chi connectivity index (χ3v) is 2.77. The van der Waals surface area contributed by atoms with Crippen LogP contribution in [-0.2, 0) is 10.3 Å². The van der Waals surface area contributed by atoms with Gasteiger partial charge in [0.15, 0.2) is 0 Å². The Labute approximate surface area is 83.8 Å². The largest absolute Gasteiger partial charge is 0.480 e. The first-order valence-electron chi connectivity index (χ1n) is 3.71. The van der Waals surface area contributed by atoms with E-state index in [4.69, 9.17) is 15.9 Å². The zero-order valence-corrected chi connectivity index (χ0v) is 8.17. The zero-order chi connectivity index (χ0) is 10.9. The van der Waals surface area contributed by atoms with Crippen molar-refractivity contribution in [1.29, 1.82) is 0 Å². The van der Waals surface area contributed by atoms with Crippen LogP contribution in [0.25, 0.3) is 0 Å². The molecule has 0 aliphatic carbocycles. The Balaban J connectivity index is 3.25. The highest BCUT2D eigenvalue weighted by molar-refractivity contribution is 7.12. The number of aromatic carboxylic acids is 1. The summed E-state index contributed by atoms with van der Waals surface area (Å²) in [6, 6.07) is 1.42. The minimum atomic E-state index is -1.66. The molecule has 1 heterocycles. The third kappa shape index (κ3) is 1.61. The Bertz CT molecular complexity index is 382. The summed E-state index contributed by atoms with van der Waals surface area (Å²) in [5.41, 5.74) is 3.98. The molecule has 0 aliphatic heterocycles. The van der Waals surface area contributed by atoms with E-state index in [-0.39, 0.29) is 10.4 Å². The summed E-state index contributed by atoms with van der Waals surface area (Å²) in [4.78, 5) is 21.5. The number of hydrogen-bond donors (Lipinski definition) is 3. The number of carboxylic acid groups (broad SMARTS) is 2. The molecular formula is C8H9NO4S. The molecule has 1 aromatic heterocycles. The minimum absolute atomic E-state index is 0.0302. The van der Waals surface area contributed by atoms with Gasteiger partial charge in [-0.3, -0.25) is 0 Å². The number of nitrogens with two attached hydrogens (primary N) is 1. The third-order valence-electron chi connectivity index (χ3n) is 1.86. The van der Waals surface area contributed by atoms with Crippen molar-refractivity contribution in [2.75, 3.05) is 0 Å². The number of carbonyl (C=O) groups is 2. The lowest BCUT2D eigenvalue weighted by molar-refractivity contribution is -0.143. The second-order valence-corrected chi connectivity index (χ2v) is 3.89. The molecule has 1 aromatic rings. The molecule has 0 bridgehead atoms. The van der Waals surface area contributed by atoms with Gasteiger partial charge in [-0.15, -0.1) is 11.3 Å². The van der Waals surface area contributed by atoms with Crippen LogP contribution in [0.1, 0.15) is 22.2 Å². The number of hydrogen-bond acceptors (Lipinski definition) is 4. The Morgan fingerprint density at radius 3 is 2.50 bits per heavy atom. The molecule has 6 heteroatoms. The van der Waals surface area contributed by atoms with Gasteiger partial charge in [-0.05, 0) is 18.4 Å². The Morgan fingerprint density at radius 1 is 1.50 bits per heavy atom. The van der Waals surface area contributed by atoms with E-state index in [1.54, 1.807) is 0 Å². The number of rotatable bonds is 3. The molecule has 0 amide bonds. The molecule has 0 spiro atoms. The van der Waals surface area contributed by atoms with Gasteiger partial charge in [0, 0.05) is 5.56 Å². The highest BCUT2D eigenvalue weighted by Gasteiger charge is 2.34. The Morgan fingerprint density at radius 2 is 2.07 bits per heavy atom. The van der Waals surface area contributed by atoms with Gasteiger partial charge in [0.1, 0.15) is 10.4 Å². The second-order valence-electron chi connectivity index (χ2n) is 2.98. The fourth-order valence-corrected chi connectivity index (χ4v) is 1.85. The first kappa shape index (κ1) is 10.7. The maximum atomic E-state index is 10.8. The minimum Gasteiger partial charge on any atom is -0.480 e. The van der Waals surface area contributed by atoms with E-state index in [0.717, 1.165) is 11.3 Å². The molecule has 0 saturated heterocycles. The molecule has 5 nitrogen and oxygen atoms in total. The van der Waals surface area contributed by atoms with Gasteiger partial charge in [0.05, 0.1) is 0 Å². The van der Waals surface area contributed by atoms with Crippen LogP contribution in [0.3, 0.4) is 0 Å². The van der Waals surface area contributed by atoms with Crippen LogP contribution in [0.4, 0.5) is 0 Å². The standard InChI is InChI=1S/C8H9NO4S/c1-8(9,7(12)13)4-2-3-14-5(4)6(10)11/h2-3H,9H2,1H3,(H,10,11)(H,12,13). The van der Waals surface area contributed by atoms with Gasteiger partial charge in [-0.1, -0.05) is 0 Å². The number of thiophene rings is 1. The average molecular weight is 215 g/mol. The predicted octanol–water partition coefficient (Wildman–Crippen LogP) is 0.705. The highest BCUT2D eigenvalue weighted by atomic mass is 32.1. The highest BCUT2D eigenvalue weighted by Crippen LogP contribution is 2.26. The van der Waals surface area contributed by atoms with Crippen molar-refractivity contribution in [3.05, 3.63) is 21.9 Å². The normalized spacial score (nSPS) is 14.7. The Hall–Kier alpha value is -1.40. The van der Waals surface area contributed by atoms with Gasteiger partial charge in [-0.25, -0.2) is 9.59 Å². The van der Waals surface area contributed by atoms with Gasteiger partial charge in [0.2, 0.25) is 0 Å². The van der Waals surface area contributed by atoms with Crippen molar-refractivity contribution in [3.8, 4) is 0 Å². The van der Waals surface area contributed by atoms with Gasteiger partial charge < -0.3 is 15.9 Å². The monoisotopic (exact) mass is 215 g/mol. The molecular weight excluding hydrogens is 206 g/mol. The van der Waals surface area contributed by atoms with Gasteiger partial charge in [0.25, 0.3) is 0 Å². The van der Waals surface area contributed by atoms with Crippen LogP contribution in [0.5, 0.6) is 0 Å². The van der Waals surface area contributed by atoms with Crippen LogP contribution in [0.2, 0.25) is 0 Å². The summed E-state index contributed by atoms with van der Waals surface area (Å²) >= 11 is 0.959. The van der Waals surface area contributed by atoms with Crippen LogP contribution in [0.15, 0.2) is 11.4 Å². The van der Waals surface area contributed by atoms with Crippen LogP contribution in [-0.4, -0.2) is 22.2 Å². The molecule has 1 rings (SSSR count). The van der Waals surface area contributed by atoms with Crippen molar-refractivity contribution >= 4 is 23.3 Å². The van der Waals surface area contributed by atoms with Gasteiger partial charge >= 0.3 is 11.9 Å². The van der Waals surface area contributed by atoms with Crippen LogP contribution < -0.4 is 5.73 Å². The SMILES string of the molecule is CC(N)(C(=O)O)c1ccsc1C(=O)O. The second kappa shape index (κ2) is 3.39. The summed E-state index contributed by atoms with van der Waals surface area (Å²) in [7, 11) is 0. The van der Waals surface area contributed by atoms with Crippen molar-refractivity contribution < 1.29 is 19.8 Å². The van der Waals surface area contributed by atoms with E-state index >= 15 is 0 Å². The fraction of sp³-hybridized carbons (Fsp3) is 0.250. The molecule has 0 fully saturated rings. The molecule has 4 N–H and O–H groups in total. The molecule has 1 atom stereocenters. The first-order chi connectivity index (χ1) is 6.37. The molecule has 0 aliphatic rings. The summed E-state index contributed by atoms with van der Waals surface area (Å²) < 4.78 is 0. The van der Waals surface area contributed by atoms with E-state index in [0.29, 0.717) is 0 Å². The molecule has 0 saturated carbocycles. The lowest BCUT2D eigenvalue weighted by Crippen LogP contribution is -2.42. The number of aliphatic carboxylic acids is 1. The summed E-state index contributed by atoms with van der Waals surface area (Å²) in [5, 5.41) is 19.1. The number of carboxylic acids is 2. The van der Waals surface area contributed by atoms with E-state index in [2.05, 4.69) is 0 Å². The molecule has 1 unspecified atom stereocenters. The fourth-order valence-electron chi connectivity index (χ4n) is 0.999. The van der Waals surface area contributed by atoms with E-state index in [9.17, 15) is 9.59 Å². The summed E-state index contributed by atoms with van der Waals surface area (Å²) in [5.74, 6) is -2.41. The smallest absolute Gasteiger partial charge is 0.346 e. The average Bonchev–Trinajstić information content (AvgIpc) is 2.51. The lowest BCUT2D eigenvalue weighted by Gasteiger charge is -2.18. The zero-order valence-electron chi connectivity index (χ0n) is 7.35. The van der Waals surface area contributed by atoms with Crippen molar-refractivity contribution in [2.24, 2.45) is 5.73 Å². The van der Waals surface area contributed by atoms with Crippen LogP contribution >= 0.6 is 11.3 Å². The lowest BCUT2D eigenvalue weighted by atomic mass is 9.94. The van der Waals surface area contributed by atoms with Crippen LogP contribution in [0, 0.1) is 0 Å². The summed E-state index contributed by atoms with van der Waals surface area (Å²) in [6.45, 7) is 1.27.